The van der Waals surface area contributed by atoms with Crippen molar-refractivity contribution in [3.63, 3.8) is 0 Å². The summed E-state index contributed by atoms with van der Waals surface area (Å²) in [4.78, 5) is 5.30. The van der Waals surface area contributed by atoms with Crippen molar-refractivity contribution in [2.75, 3.05) is 7.11 Å². The molecule has 0 spiro atoms. The quantitative estimate of drug-likeness (QED) is 0.286. The third-order valence-electron chi connectivity index (χ3n) is 1.75. The first kappa shape index (κ1) is 11.8. The molecule has 0 aliphatic rings. The van der Waals surface area contributed by atoms with Gasteiger partial charge in [0.25, 0.3) is 5.71 Å². The molecule has 0 radical (unpaired) electrons. The Morgan fingerprint density at radius 1 is 1.69 bits per heavy atom. The molecule has 0 aromatic carbocycles. The lowest BCUT2D eigenvalue weighted by Gasteiger charge is -2.00. The molecule has 0 aliphatic heterocycles. The number of rotatable bonds is 5. The largest absolute Gasteiger partial charge is 0.380 e. The number of terminal acetylenes is 1. The Labute approximate surface area is 78.4 Å². The van der Waals surface area contributed by atoms with Crippen LogP contribution in [0.25, 0.3) is 0 Å². The van der Waals surface area contributed by atoms with E-state index < -0.39 is 6.10 Å². The molecule has 0 aromatic heterocycles. The standard InChI is InChI=1S/C9H16NO3/c1-4-8(10(12)13-3)6-7-9(11)5-2/h2,9,11-12H,4,6-7H2,1,3H3/q+1/b10-8+. The fraction of sp³-hybridized carbons (Fsp3) is 0.667. The van der Waals surface area contributed by atoms with Gasteiger partial charge >= 0.3 is 0 Å². The maximum Gasteiger partial charge on any atom is 0.265 e. The first-order valence-corrected chi connectivity index (χ1v) is 4.17. The van der Waals surface area contributed by atoms with Crippen molar-refractivity contribution in [1.82, 2.24) is 0 Å². The smallest absolute Gasteiger partial charge is 0.265 e. The van der Waals surface area contributed by atoms with Crippen LogP contribution in [0.4, 0.5) is 0 Å². The van der Waals surface area contributed by atoms with Gasteiger partial charge in [-0.3, -0.25) is 0 Å². The topological polar surface area (TPSA) is 52.7 Å². The van der Waals surface area contributed by atoms with E-state index in [1.807, 2.05) is 6.92 Å². The van der Waals surface area contributed by atoms with Crippen LogP contribution in [0.1, 0.15) is 26.2 Å². The van der Waals surface area contributed by atoms with Gasteiger partial charge in [0.15, 0.2) is 12.0 Å². The van der Waals surface area contributed by atoms with E-state index in [2.05, 4.69) is 10.8 Å². The average molecular weight is 186 g/mol. The molecule has 74 valence electrons. The Kier molecular flexibility index (Phi) is 5.73. The maximum atomic E-state index is 9.14. The first-order chi connectivity index (χ1) is 6.15. The molecule has 0 rings (SSSR count). The second-order valence-corrected chi connectivity index (χ2v) is 2.60. The molecule has 13 heavy (non-hydrogen) atoms. The zero-order valence-electron chi connectivity index (χ0n) is 8.03. The number of nitrogens with zero attached hydrogens (tertiary/aromatic N) is 1. The van der Waals surface area contributed by atoms with Gasteiger partial charge in [-0.2, -0.15) is 0 Å². The molecule has 0 aliphatic carbocycles. The van der Waals surface area contributed by atoms with E-state index in [1.165, 1.54) is 7.11 Å². The van der Waals surface area contributed by atoms with Crippen LogP contribution in [-0.4, -0.2) is 34.1 Å². The number of hydrogen-bond donors (Lipinski definition) is 2. The predicted octanol–water partition coefficient (Wildman–Crippen LogP) is 0.575. The number of aliphatic hydroxyl groups is 1. The van der Waals surface area contributed by atoms with Crippen LogP contribution in [0.15, 0.2) is 0 Å². The average Bonchev–Trinajstić information content (AvgIpc) is 2.17. The van der Waals surface area contributed by atoms with Crippen molar-refractivity contribution >= 4 is 5.71 Å². The molecule has 1 atom stereocenters. The van der Waals surface area contributed by atoms with Crippen LogP contribution < -0.4 is 0 Å². The Balaban J connectivity index is 4.09. The van der Waals surface area contributed by atoms with Crippen LogP contribution in [0.2, 0.25) is 0 Å². The van der Waals surface area contributed by atoms with Crippen LogP contribution in [0.5, 0.6) is 0 Å². The van der Waals surface area contributed by atoms with E-state index in [9.17, 15) is 0 Å². The molecular weight excluding hydrogens is 170 g/mol. The third kappa shape index (κ3) is 4.38. The van der Waals surface area contributed by atoms with Crippen LogP contribution in [0, 0.1) is 12.3 Å². The zero-order valence-corrected chi connectivity index (χ0v) is 8.03. The van der Waals surface area contributed by atoms with E-state index in [0.717, 1.165) is 0 Å². The SMILES string of the molecule is C#CC(O)CC/C(CC)=[N+](\O)OC. The second kappa shape index (κ2) is 6.32. The minimum atomic E-state index is -0.758. The summed E-state index contributed by atoms with van der Waals surface area (Å²) < 4.78 is 0. The summed E-state index contributed by atoms with van der Waals surface area (Å²) in [6.07, 6.45) is 5.84. The summed E-state index contributed by atoms with van der Waals surface area (Å²) >= 11 is 0. The molecule has 0 bridgehead atoms. The van der Waals surface area contributed by atoms with E-state index in [1.54, 1.807) is 0 Å². The van der Waals surface area contributed by atoms with E-state index in [0.29, 0.717) is 29.9 Å². The highest BCUT2D eigenvalue weighted by molar-refractivity contribution is 5.78. The van der Waals surface area contributed by atoms with Gasteiger partial charge in [-0.1, -0.05) is 12.8 Å². The maximum absolute atomic E-state index is 9.14. The van der Waals surface area contributed by atoms with E-state index >= 15 is 0 Å². The van der Waals surface area contributed by atoms with Crippen LogP contribution >= 0.6 is 0 Å². The number of hydrogen-bond acceptors (Lipinski definition) is 3. The summed E-state index contributed by atoms with van der Waals surface area (Å²) in [6.45, 7) is 1.89. The Morgan fingerprint density at radius 2 is 2.31 bits per heavy atom. The van der Waals surface area contributed by atoms with Gasteiger partial charge < -0.3 is 5.11 Å². The minimum Gasteiger partial charge on any atom is -0.380 e. The molecule has 4 nitrogen and oxygen atoms in total. The lowest BCUT2D eigenvalue weighted by Crippen LogP contribution is -2.18. The summed E-state index contributed by atoms with van der Waals surface area (Å²) in [7, 11) is 1.37. The molecular formula is C9H16NO3+. The fourth-order valence-electron chi connectivity index (χ4n) is 0.923. The summed E-state index contributed by atoms with van der Waals surface area (Å²) in [6, 6.07) is 0. The molecule has 0 aromatic rings. The Hall–Kier alpha value is -1.21. The normalized spacial score (nSPS) is 14.3. The van der Waals surface area contributed by atoms with Gasteiger partial charge in [0.2, 0.25) is 0 Å². The monoisotopic (exact) mass is 186 g/mol. The van der Waals surface area contributed by atoms with Crippen molar-refractivity contribution in [3.05, 3.63) is 0 Å². The molecule has 1 unspecified atom stereocenters. The molecule has 0 amide bonds. The van der Waals surface area contributed by atoms with Crippen molar-refractivity contribution in [2.24, 2.45) is 0 Å². The van der Waals surface area contributed by atoms with Gasteiger partial charge in [-0.25, -0.2) is 10.0 Å². The highest BCUT2D eigenvalue weighted by Crippen LogP contribution is 2.01. The van der Waals surface area contributed by atoms with Gasteiger partial charge in [-0.15, -0.1) is 6.42 Å². The highest BCUT2D eigenvalue weighted by Gasteiger charge is 2.15. The first-order valence-electron chi connectivity index (χ1n) is 4.17. The molecule has 2 N–H and O–H groups in total. The Bertz CT molecular complexity index is 217. The fourth-order valence-corrected chi connectivity index (χ4v) is 0.923. The Morgan fingerprint density at radius 3 is 2.69 bits per heavy atom. The summed E-state index contributed by atoms with van der Waals surface area (Å²) in [5.74, 6) is 2.20. The van der Waals surface area contributed by atoms with Gasteiger partial charge in [0, 0.05) is 12.8 Å². The van der Waals surface area contributed by atoms with Crippen molar-refractivity contribution in [1.29, 1.82) is 0 Å². The van der Waals surface area contributed by atoms with E-state index in [-0.39, 0.29) is 0 Å². The van der Waals surface area contributed by atoms with Gasteiger partial charge in [0.05, 0.1) is 0 Å². The van der Waals surface area contributed by atoms with Crippen LogP contribution in [0.3, 0.4) is 0 Å². The zero-order chi connectivity index (χ0) is 10.3. The lowest BCUT2D eigenvalue weighted by molar-refractivity contribution is -0.958. The highest BCUT2D eigenvalue weighted by atomic mass is 16.9. The summed E-state index contributed by atoms with van der Waals surface area (Å²) in [5, 5.41) is 18.2. The second-order valence-electron chi connectivity index (χ2n) is 2.60. The number of aliphatic hydroxyl groups excluding tert-OH is 1. The van der Waals surface area contributed by atoms with Crippen molar-refractivity contribution < 1.29 is 20.1 Å². The minimum absolute atomic E-state index is 0.431. The lowest BCUT2D eigenvalue weighted by atomic mass is 10.1. The molecule has 0 fully saturated rings. The van der Waals surface area contributed by atoms with Crippen molar-refractivity contribution in [3.8, 4) is 12.3 Å². The van der Waals surface area contributed by atoms with Gasteiger partial charge in [0.1, 0.15) is 6.10 Å². The third-order valence-corrected chi connectivity index (χ3v) is 1.75. The molecule has 0 heterocycles. The van der Waals surface area contributed by atoms with Crippen LogP contribution in [-0.2, 0) is 4.84 Å². The molecule has 0 saturated carbocycles. The summed E-state index contributed by atoms with van der Waals surface area (Å²) in [5.41, 5.74) is 0.691. The van der Waals surface area contributed by atoms with E-state index in [4.69, 9.17) is 16.7 Å². The van der Waals surface area contributed by atoms with Crippen molar-refractivity contribution in [2.45, 2.75) is 32.3 Å². The predicted molar refractivity (Wildman–Crippen MR) is 48.4 cm³/mol. The van der Waals surface area contributed by atoms with Gasteiger partial charge in [-0.05, 0) is 6.42 Å². The molecule has 4 heteroatoms. The molecule has 0 saturated heterocycles.